The summed E-state index contributed by atoms with van der Waals surface area (Å²) in [6.07, 6.45) is 0.0900. The van der Waals surface area contributed by atoms with Gasteiger partial charge in [-0.2, -0.15) is 4.98 Å². The number of hydrogen-bond acceptors (Lipinski definition) is 6. The lowest BCUT2D eigenvalue weighted by Gasteiger charge is -2.35. The van der Waals surface area contributed by atoms with Crippen molar-refractivity contribution >= 4 is 23.0 Å². The molecule has 0 radical (unpaired) electrons. The molecule has 2 aliphatic heterocycles. The molecule has 2 N–H and O–H groups in total. The third-order valence-corrected chi connectivity index (χ3v) is 4.80. The van der Waals surface area contributed by atoms with Crippen LogP contribution < -0.4 is 10.2 Å². The van der Waals surface area contributed by atoms with Gasteiger partial charge in [0.15, 0.2) is 5.58 Å². The predicted molar refractivity (Wildman–Crippen MR) is 90.0 cm³/mol. The highest BCUT2D eigenvalue weighted by Gasteiger charge is 2.33. The highest BCUT2D eigenvalue weighted by molar-refractivity contribution is 5.82. The fraction of sp³-hybridized carbons (Fsp3) is 0.529. The fourth-order valence-electron chi connectivity index (χ4n) is 3.40. The molecule has 4 rings (SSSR count). The Balaban J connectivity index is 1.40. The van der Waals surface area contributed by atoms with Crippen LogP contribution in [-0.2, 0) is 4.79 Å². The monoisotopic (exact) mass is 330 g/mol. The zero-order chi connectivity index (χ0) is 16.7. The Morgan fingerprint density at radius 1 is 1.33 bits per heavy atom. The zero-order valence-corrected chi connectivity index (χ0v) is 13.7. The van der Waals surface area contributed by atoms with E-state index in [0.29, 0.717) is 45.2 Å². The number of carbonyl (C=O) groups excluding carboxylic acids is 1. The topological polar surface area (TPSA) is 81.8 Å². The highest BCUT2D eigenvalue weighted by Crippen LogP contribution is 2.24. The zero-order valence-electron chi connectivity index (χ0n) is 13.7. The summed E-state index contributed by atoms with van der Waals surface area (Å²) >= 11 is 0. The van der Waals surface area contributed by atoms with E-state index in [9.17, 15) is 9.90 Å². The van der Waals surface area contributed by atoms with E-state index in [0.717, 1.165) is 16.7 Å². The first-order chi connectivity index (χ1) is 11.6. The first kappa shape index (κ1) is 15.4. The van der Waals surface area contributed by atoms with Gasteiger partial charge in [0.25, 0.3) is 6.01 Å². The Morgan fingerprint density at radius 3 is 2.83 bits per heavy atom. The number of hydrogen-bond donors (Lipinski definition) is 2. The number of carbonyl (C=O) groups is 1. The van der Waals surface area contributed by atoms with E-state index in [-0.39, 0.29) is 11.9 Å². The second kappa shape index (κ2) is 6.07. The van der Waals surface area contributed by atoms with Crippen LogP contribution in [0.4, 0.5) is 6.01 Å². The molecular weight excluding hydrogens is 308 g/mol. The number of rotatable bonds is 2. The van der Waals surface area contributed by atoms with E-state index in [4.69, 9.17) is 4.42 Å². The summed E-state index contributed by atoms with van der Waals surface area (Å²) in [6, 6.07) is 6.34. The van der Waals surface area contributed by atoms with Gasteiger partial charge in [0, 0.05) is 32.7 Å². The van der Waals surface area contributed by atoms with Crippen molar-refractivity contribution in [3.8, 4) is 0 Å². The van der Waals surface area contributed by atoms with Crippen molar-refractivity contribution in [3.05, 3.63) is 23.8 Å². The molecule has 2 atom stereocenters. The molecule has 2 saturated heterocycles. The molecular formula is C17H22N4O3. The van der Waals surface area contributed by atoms with E-state index < -0.39 is 6.10 Å². The Morgan fingerprint density at radius 2 is 2.12 bits per heavy atom. The summed E-state index contributed by atoms with van der Waals surface area (Å²) in [4.78, 5) is 21.0. The normalized spacial score (nSPS) is 24.8. The van der Waals surface area contributed by atoms with Crippen LogP contribution in [0.15, 0.2) is 22.6 Å². The Hall–Kier alpha value is -2.12. The second-order valence-electron chi connectivity index (χ2n) is 6.63. The van der Waals surface area contributed by atoms with Crippen LogP contribution in [0.1, 0.15) is 12.0 Å². The van der Waals surface area contributed by atoms with Gasteiger partial charge in [0.1, 0.15) is 5.52 Å². The van der Waals surface area contributed by atoms with Crippen molar-refractivity contribution in [2.75, 3.05) is 37.6 Å². The number of nitrogens with zero attached hydrogens (tertiary/aromatic N) is 3. The van der Waals surface area contributed by atoms with Gasteiger partial charge in [-0.3, -0.25) is 4.79 Å². The summed E-state index contributed by atoms with van der Waals surface area (Å²) in [6.45, 7) is 5.22. The SMILES string of the molecule is Cc1ccc2oc(N3CCN(C(=O)C4CC(O)CN4)CC3)nc2c1. The van der Waals surface area contributed by atoms with Gasteiger partial charge in [-0.05, 0) is 31.0 Å². The van der Waals surface area contributed by atoms with E-state index in [2.05, 4.69) is 15.2 Å². The fourth-order valence-corrected chi connectivity index (χ4v) is 3.40. The Bertz CT molecular complexity index is 751. The second-order valence-corrected chi connectivity index (χ2v) is 6.63. The van der Waals surface area contributed by atoms with E-state index in [1.54, 1.807) is 0 Å². The largest absolute Gasteiger partial charge is 0.423 e. The lowest BCUT2D eigenvalue weighted by Crippen LogP contribution is -2.53. The quantitative estimate of drug-likeness (QED) is 0.835. The summed E-state index contributed by atoms with van der Waals surface area (Å²) in [7, 11) is 0. The molecule has 0 aliphatic carbocycles. The number of aliphatic hydroxyl groups excluding tert-OH is 1. The lowest BCUT2D eigenvalue weighted by atomic mass is 10.1. The molecule has 2 unspecified atom stereocenters. The standard InChI is InChI=1S/C17H22N4O3/c1-11-2-3-15-13(8-11)19-17(24-15)21-6-4-20(5-7-21)16(23)14-9-12(22)10-18-14/h2-3,8,12,14,18,22H,4-7,9-10H2,1H3. The first-order valence-corrected chi connectivity index (χ1v) is 8.42. The van der Waals surface area contributed by atoms with Gasteiger partial charge in [0.05, 0.1) is 12.1 Å². The van der Waals surface area contributed by atoms with Gasteiger partial charge >= 0.3 is 0 Å². The minimum Gasteiger partial charge on any atom is -0.423 e. The molecule has 7 nitrogen and oxygen atoms in total. The molecule has 1 aromatic carbocycles. The van der Waals surface area contributed by atoms with Crippen molar-refractivity contribution in [2.24, 2.45) is 0 Å². The third-order valence-electron chi connectivity index (χ3n) is 4.80. The summed E-state index contributed by atoms with van der Waals surface area (Å²) in [5, 5.41) is 12.6. The van der Waals surface area contributed by atoms with E-state index in [1.807, 2.05) is 30.0 Å². The number of piperazine rings is 1. The molecule has 1 amide bonds. The molecule has 0 bridgehead atoms. The number of aryl methyl sites for hydroxylation is 1. The smallest absolute Gasteiger partial charge is 0.298 e. The molecule has 24 heavy (non-hydrogen) atoms. The molecule has 3 heterocycles. The maximum absolute atomic E-state index is 12.5. The van der Waals surface area contributed by atoms with Crippen LogP contribution >= 0.6 is 0 Å². The van der Waals surface area contributed by atoms with Crippen LogP contribution in [0.5, 0.6) is 0 Å². The number of fused-ring (bicyclic) bond motifs is 1. The number of amides is 1. The number of β-amino-alcohol motifs (C(OH)–C–C–N with tert-alkyl or cyclic N) is 1. The number of anilines is 1. The maximum atomic E-state index is 12.5. The average molecular weight is 330 g/mol. The van der Waals surface area contributed by atoms with E-state index >= 15 is 0 Å². The van der Waals surface area contributed by atoms with Gasteiger partial charge < -0.3 is 24.6 Å². The van der Waals surface area contributed by atoms with Crippen LogP contribution in [-0.4, -0.2) is 65.8 Å². The minimum absolute atomic E-state index is 0.0828. The van der Waals surface area contributed by atoms with Crippen molar-refractivity contribution in [1.29, 1.82) is 0 Å². The lowest BCUT2D eigenvalue weighted by molar-refractivity contribution is -0.133. The molecule has 128 valence electrons. The molecule has 2 aliphatic rings. The molecule has 0 saturated carbocycles. The van der Waals surface area contributed by atoms with Crippen molar-refractivity contribution in [1.82, 2.24) is 15.2 Å². The van der Waals surface area contributed by atoms with Crippen LogP contribution in [0, 0.1) is 6.92 Å². The molecule has 2 aromatic rings. The number of nitrogens with one attached hydrogen (secondary N) is 1. The average Bonchev–Trinajstić information content (AvgIpc) is 3.20. The van der Waals surface area contributed by atoms with Gasteiger partial charge in [-0.25, -0.2) is 0 Å². The highest BCUT2D eigenvalue weighted by atomic mass is 16.4. The Labute approximate surface area is 140 Å². The molecule has 1 aromatic heterocycles. The molecule has 7 heteroatoms. The minimum atomic E-state index is -0.413. The van der Waals surface area contributed by atoms with Crippen molar-refractivity contribution in [3.63, 3.8) is 0 Å². The van der Waals surface area contributed by atoms with Crippen LogP contribution in [0.2, 0.25) is 0 Å². The van der Waals surface area contributed by atoms with Gasteiger partial charge in [-0.1, -0.05) is 6.07 Å². The maximum Gasteiger partial charge on any atom is 0.298 e. The Kier molecular flexibility index (Phi) is 3.90. The first-order valence-electron chi connectivity index (χ1n) is 8.42. The summed E-state index contributed by atoms with van der Waals surface area (Å²) in [5.41, 5.74) is 2.81. The number of aromatic nitrogens is 1. The van der Waals surface area contributed by atoms with Gasteiger partial charge in [-0.15, -0.1) is 0 Å². The van der Waals surface area contributed by atoms with Crippen molar-refractivity contribution in [2.45, 2.75) is 25.5 Å². The van der Waals surface area contributed by atoms with Crippen LogP contribution in [0.25, 0.3) is 11.1 Å². The van der Waals surface area contributed by atoms with E-state index in [1.165, 1.54) is 0 Å². The van der Waals surface area contributed by atoms with Gasteiger partial charge in [0.2, 0.25) is 5.91 Å². The summed E-state index contributed by atoms with van der Waals surface area (Å²) in [5.74, 6) is 0.0828. The van der Waals surface area contributed by atoms with Crippen LogP contribution in [0.3, 0.4) is 0 Å². The third kappa shape index (κ3) is 2.85. The predicted octanol–water partition coefficient (Wildman–Crippen LogP) is 0.508. The molecule has 2 fully saturated rings. The number of oxazole rings is 1. The molecule has 0 spiro atoms. The summed E-state index contributed by atoms with van der Waals surface area (Å²) < 4.78 is 5.84. The van der Waals surface area contributed by atoms with Crippen molar-refractivity contribution < 1.29 is 14.3 Å². The number of aliphatic hydroxyl groups is 1. The number of benzene rings is 1.